The summed E-state index contributed by atoms with van der Waals surface area (Å²) in [6.07, 6.45) is -11.8. The van der Waals surface area contributed by atoms with Crippen LogP contribution in [0.15, 0.2) is 47.0 Å². The van der Waals surface area contributed by atoms with Gasteiger partial charge >= 0.3 is 18.0 Å². The van der Waals surface area contributed by atoms with Gasteiger partial charge in [0, 0.05) is 11.5 Å². The van der Waals surface area contributed by atoms with Crippen molar-refractivity contribution in [2.24, 2.45) is 0 Å². The monoisotopic (exact) mass is 397 g/mol. The van der Waals surface area contributed by atoms with E-state index in [9.17, 15) is 26.3 Å². The first-order valence-corrected chi connectivity index (χ1v) is 7.55. The summed E-state index contributed by atoms with van der Waals surface area (Å²) in [5.41, 5.74) is -10.3. The fourth-order valence-corrected chi connectivity index (χ4v) is 3.54. The van der Waals surface area contributed by atoms with Gasteiger partial charge < -0.3 is 0 Å². The van der Waals surface area contributed by atoms with Crippen molar-refractivity contribution in [3.63, 3.8) is 0 Å². The van der Waals surface area contributed by atoms with Crippen LogP contribution in [0.25, 0.3) is 0 Å². The first kappa shape index (κ1) is 20.3. The second kappa shape index (κ2) is 6.31. The van der Waals surface area contributed by atoms with E-state index >= 15 is 4.39 Å². The molecule has 0 N–H and O–H groups in total. The van der Waals surface area contributed by atoms with Crippen LogP contribution >= 0.6 is 11.6 Å². The summed E-state index contributed by atoms with van der Waals surface area (Å²) in [5.74, 6) is 0. The van der Waals surface area contributed by atoms with Gasteiger partial charge in [0.1, 0.15) is 0 Å². The van der Waals surface area contributed by atoms with Crippen molar-refractivity contribution >= 4 is 11.6 Å². The minimum Gasteiger partial charge on any atom is -0.222 e. The van der Waals surface area contributed by atoms with Crippen molar-refractivity contribution in [3.05, 3.63) is 58.1 Å². The maximum Gasteiger partial charge on any atom is 0.433 e. The van der Waals surface area contributed by atoms with Gasteiger partial charge in [0.05, 0.1) is 17.0 Å². The predicted octanol–water partition coefficient (Wildman–Crippen LogP) is 6.10. The Balaban J connectivity index is 3.05. The topological polar surface area (TPSA) is 23.8 Å². The molecule has 0 heterocycles. The number of benzene rings is 1. The van der Waals surface area contributed by atoms with Gasteiger partial charge in [-0.1, -0.05) is 47.5 Å². The van der Waals surface area contributed by atoms with E-state index in [2.05, 4.69) is 0 Å². The summed E-state index contributed by atoms with van der Waals surface area (Å²) in [6.45, 7) is 1.24. The molecular formula is C17H11ClF7N. The van der Waals surface area contributed by atoms with Crippen molar-refractivity contribution in [1.29, 1.82) is 5.26 Å². The smallest absolute Gasteiger partial charge is 0.222 e. The third-order valence-corrected chi connectivity index (χ3v) is 4.39. The highest BCUT2D eigenvalue weighted by molar-refractivity contribution is 6.30. The van der Waals surface area contributed by atoms with Crippen molar-refractivity contribution in [2.45, 2.75) is 36.8 Å². The molecule has 1 aromatic carbocycles. The zero-order valence-electron chi connectivity index (χ0n) is 13.1. The molecule has 0 bridgehead atoms. The number of rotatable bonds is 2. The van der Waals surface area contributed by atoms with Gasteiger partial charge in [0.2, 0.25) is 0 Å². The van der Waals surface area contributed by atoms with Crippen molar-refractivity contribution in [3.8, 4) is 6.07 Å². The van der Waals surface area contributed by atoms with Crippen LogP contribution in [0.3, 0.4) is 0 Å². The van der Waals surface area contributed by atoms with Crippen LogP contribution in [-0.4, -0.2) is 18.0 Å². The molecule has 1 aliphatic carbocycles. The largest absolute Gasteiger partial charge is 0.433 e. The molecule has 9 heteroatoms. The predicted molar refractivity (Wildman–Crippen MR) is 81.1 cm³/mol. The normalized spacial score (nSPS) is 21.7. The molecule has 2 rings (SSSR count). The third kappa shape index (κ3) is 2.88. The zero-order valence-corrected chi connectivity index (χ0v) is 13.9. The zero-order chi connectivity index (χ0) is 20.0. The van der Waals surface area contributed by atoms with Crippen LogP contribution in [0.2, 0.25) is 0 Å². The van der Waals surface area contributed by atoms with E-state index < -0.39 is 34.6 Å². The summed E-state index contributed by atoms with van der Waals surface area (Å²) in [5, 5.41) is 8.78. The molecule has 26 heavy (non-hydrogen) atoms. The Morgan fingerprint density at radius 3 is 2.00 bits per heavy atom. The fraction of sp³-hybridized carbons (Fsp3) is 0.353. The maximum atomic E-state index is 15.2. The molecule has 0 radical (unpaired) electrons. The summed E-state index contributed by atoms with van der Waals surface area (Å²) >= 11 is 5.78. The average Bonchev–Trinajstić information content (AvgIpc) is 2.50. The Morgan fingerprint density at radius 1 is 1.00 bits per heavy atom. The van der Waals surface area contributed by atoms with E-state index in [1.165, 1.54) is 19.1 Å². The lowest BCUT2D eigenvalue weighted by Gasteiger charge is -2.45. The molecular weight excluding hydrogens is 387 g/mol. The lowest BCUT2D eigenvalue weighted by Crippen LogP contribution is -2.65. The Bertz CT molecular complexity index is 780. The van der Waals surface area contributed by atoms with Gasteiger partial charge in [-0.15, -0.1) is 0 Å². The van der Waals surface area contributed by atoms with Gasteiger partial charge in [0.15, 0.2) is 0 Å². The first-order chi connectivity index (χ1) is 11.8. The Morgan fingerprint density at radius 2 is 1.54 bits per heavy atom. The molecule has 1 atom stereocenters. The number of allylic oxidation sites excluding steroid dienone is 4. The molecule has 0 amide bonds. The number of nitrogens with zero attached hydrogens (tertiary/aromatic N) is 1. The molecule has 0 spiro atoms. The number of hydrogen-bond donors (Lipinski definition) is 0. The molecule has 0 saturated carbocycles. The van der Waals surface area contributed by atoms with E-state index in [0.717, 1.165) is 18.2 Å². The first-order valence-electron chi connectivity index (χ1n) is 7.17. The lowest BCUT2D eigenvalue weighted by atomic mass is 9.63. The molecule has 0 saturated heterocycles. The minimum atomic E-state index is -6.32. The summed E-state index contributed by atoms with van der Waals surface area (Å²) in [6, 6.07) is 5.78. The molecule has 0 fully saturated rings. The Kier molecular flexibility index (Phi) is 4.92. The summed E-state index contributed by atoms with van der Waals surface area (Å²) in [7, 11) is 0. The molecule has 1 unspecified atom stereocenters. The molecule has 140 valence electrons. The lowest BCUT2D eigenvalue weighted by molar-refractivity contribution is -0.354. The Hall–Kier alpha value is -2.01. The van der Waals surface area contributed by atoms with Gasteiger partial charge in [-0.25, -0.2) is 4.39 Å². The highest BCUT2D eigenvalue weighted by atomic mass is 35.5. The molecule has 0 aromatic heterocycles. The van der Waals surface area contributed by atoms with Gasteiger partial charge in [-0.05, 0) is 18.6 Å². The second-order valence-electron chi connectivity index (χ2n) is 5.94. The molecule has 1 aliphatic rings. The molecule has 1 aromatic rings. The maximum absolute atomic E-state index is 15.2. The molecule has 0 aliphatic heterocycles. The van der Waals surface area contributed by atoms with Crippen LogP contribution in [0.4, 0.5) is 30.7 Å². The van der Waals surface area contributed by atoms with Crippen LogP contribution in [0.1, 0.15) is 24.5 Å². The standard InChI is InChI=1S/C17H11ClF7N/c1-10-6-12(18)8-14(7-10,13-5-3-2-4-11(13)9-26)15(19,16(20,21)22)17(23,24)25/h2-5,7-8H,6H2,1H3. The van der Waals surface area contributed by atoms with Crippen LogP contribution in [0.5, 0.6) is 0 Å². The minimum absolute atomic E-state index is 0.0146. The van der Waals surface area contributed by atoms with E-state index in [4.69, 9.17) is 16.9 Å². The van der Waals surface area contributed by atoms with E-state index in [-0.39, 0.29) is 17.0 Å². The Labute approximate surface area is 149 Å². The van der Waals surface area contributed by atoms with E-state index in [0.29, 0.717) is 12.2 Å². The highest BCUT2D eigenvalue weighted by Crippen LogP contribution is 2.60. The van der Waals surface area contributed by atoms with Crippen LogP contribution in [-0.2, 0) is 5.41 Å². The molecule has 1 nitrogen and oxygen atoms in total. The van der Waals surface area contributed by atoms with Gasteiger partial charge in [-0.2, -0.15) is 31.6 Å². The van der Waals surface area contributed by atoms with E-state index in [1.54, 1.807) is 0 Å². The van der Waals surface area contributed by atoms with Gasteiger partial charge in [-0.3, -0.25) is 0 Å². The number of halogens is 8. The highest BCUT2D eigenvalue weighted by Gasteiger charge is 2.81. The van der Waals surface area contributed by atoms with Gasteiger partial charge in [0.25, 0.3) is 0 Å². The third-order valence-electron chi connectivity index (χ3n) is 4.15. The summed E-state index contributed by atoms with van der Waals surface area (Å²) < 4.78 is 96.3. The van der Waals surface area contributed by atoms with Crippen molar-refractivity contribution < 1.29 is 30.7 Å². The van der Waals surface area contributed by atoms with Crippen molar-refractivity contribution in [2.75, 3.05) is 0 Å². The quantitative estimate of drug-likeness (QED) is 0.437. The fourth-order valence-electron chi connectivity index (χ4n) is 3.16. The number of nitriles is 1. The number of alkyl halides is 7. The SMILES string of the molecule is CC1=CC(c2ccccc2C#N)(C(F)(C(F)(F)F)C(F)(F)F)C=C(Cl)C1. The number of hydrogen-bond acceptors (Lipinski definition) is 1. The second-order valence-corrected chi connectivity index (χ2v) is 6.42. The van der Waals surface area contributed by atoms with Crippen LogP contribution < -0.4 is 0 Å². The average molecular weight is 398 g/mol. The summed E-state index contributed by atoms with van der Waals surface area (Å²) in [4.78, 5) is 0. The van der Waals surface area contributed by atoms with Crippen LogP contribution in [0, 0.1) is 11.3 Å². The van der Waals surface area contributed by atoms with E-state index in [1.807, 2.05) is 0 Å². The van der Waals surface area contributed by atoms with Crippen molar-refractivity contribution in [1.82, 2.24) is 0 Å².